The van der Waals surface area contributed by atoms with Gasteiger partial charge in [0.25, 0.3) is 0 Å². The third-order valence-corrected chi connectivity index (χ3v) is 5.55. The number of para-hydroxylation sites is 1. The van der Waals surface area contributed by atoms with Crippen molar-refractivity contribution in [3.05, 3.63) is 66.1 Å². The molecule has 1 unspecified atom stereocenters. The number of nitrogens with one attached hydrogen (secondary N) is 2. The molecule has 3 aromatic rings. The van der Waals surface area contributed by atoms with Crippen LogP contribution in [0.2, 0.25) is 0 Å². The van der Waals surface area contributed by atoms with Crippen LogP contribution in [0.15, 0.2) is 54.7 Å². The molecule has 2 amide bonds. The van der Waals surface area contributed by atoms with Crippen LogP contribution in [-0.4, -0.2) is 28.5 Å². The van der Waals surface area contributed by atoms with Crippen LogP contribution >= 0.6 is 0 Å². The quantitative estimate of drug-likeness (QED) is 0.571. The van der Waals surface area contributed by atoms with E-state index < -0.39 is 35.4 Å². The first kappa shape index (κ1) is 21.7. The largest absolute Gasteiger partial charge is 0.471 e. The van der Waals surface area contributed by atoms with Crippen LogP contribution in [0.1, 0.15) is 31.4 Å². The van der Waals surface area contributed by atoms with Gasteiger partial charge >= 0.3 is 12.1 Å². The highest BCUT2D eigenvalue weighted by atomic mass is 19.4. The second-order valence-corrected chi connectivity index (χ2v) is 7.85. The van der Waals surface area contributed by atoms with Crippen molar-refractivity contribution in [2.75, 3.05) is 0 Å². The SMILES string of the molecule is CC(NC(=O)C1(NC(=O)C(F)(F)F)CC1)c1ccc(-c2cccc3cccnc23)cc1F. The molecule has 1 heterocycles. The van der Waals surface area contributed by atoms with E-state index >= 15 is 0 Å². The molecule has 5 nitrogen and oxygen atoms in total. The van der Waals surface area contributed by atoms with E-state index in [4.69, 9.17) is 0 Å². The molecule has 1 aliphatic carbocycles. The molecule has 9 heteroatoms. The lowest BCUT2D eigenvalue weighted by atomic mass is 9.98. The van der Waals surface area contributed by atoms with E-state index in [2.05, 4.69) is 10.3 Å². The molecular formula is C23H19F4N3O2. The molecule has 1 aliphatic rings. The van der Waals surface area contributed by atoms with Crippen molar-refractivity contribution in [2.24, 2.45) is 0 Å². The van der Waals surface area contributed by atoms with Gasteiger partial charge in [-0.25, -0.2) is 4.39 Å². The van der Waals surface area contributed by atoms with Crippen molar-refractivity contribution in [3.8, 4) is 11.1 Å². The summed E-state index contributed by atoms with van der Waals surface area (Å²) in [6.07, 6.45) is -3.26. The van der Waals surface area contributed by atoms with E-state index in [0.29, 0.717) is 5.56 Å². The Labute approximate surface area is 180 Å². The third-order valence-electron chi connectivity index (χ3n) is 5.55. The maximum atomic E-state index is 14.9. The summed E-state index contributed by atoms with van der Waals surface area (Å²) in [5.74, 6) is -3.52. The summed E-state index contributed by atoms with van der Waals surface area (Å²) in [6, 6.07) is 13.0. The van der Waals surface area contributed by atoms with Gasteiger partial charge in [0.05, 0.1) is 11.6 Å². The molecule has 0 spiro atoms. The highest BCUT2D eigenvalue weighted by Gasteiger charge is 2.55. The number of hydrogen-bond acceptors (Lipinski definition) is 3. The Morgan fingerprint density at radius 1 is 1.09 bits per heavy atom. The molecule has 0 saturated heterocycles. The number of aromatic nitrogens is 1. The molecule has 1 fully saturated rings. The van der Waals surface area contributed by atoms with Crippen LogP contribution in [0.5, 0.6) is 0 Å². The zero-order valence-electron chi connectivity index (χ0n) is 17.0. The predicted molar refractivity (Wildman–Crippen MR) is 110 cm³/mol. The van der Waals surface area contributed by atoms with Crippen LogP contribution in [0.3, 0.4) is 0 Å². The minimum absolute atomic E-state index is 0.0862. The minimum atomic E-state index is -5.08. The van der Waals surface area contributed by atoms with Crippen molar-refractivity contribution >= 4 is 22.7 Å². The third kappa shape index (κ3) is 4.15. The monoisotopic (exact) mass is 445 g/mol. The van der Waals surface area contributed by atoms with Crippen LogP contribution in [0.25, 0.3) is 22.0 Å². The zero-order chi connectivity index (χ0) is 23.1. The van der Waals surface area contributed by atoms with E-state index in [1.807, 2.05) is 30.3 Å². The molecule has 0 aliphatic heterocycles. The highest BCUT2D eigenvalue weighted by Crippen LogP contribution is 2.37. The van der Waals surface area contributed by atoms with Gasteiger partial charge in [0.15, 0.2) is 0 Å². The first-order valence-corrected chi connectivity index (χ1v) is 9.95. The number of carbonyl (C=O) groups excluding carboxylic acids is 2. The summed E-state index contributed by atoms with van der Waals surface area (Å²) in [6.45, 7) is 1.52. The molecule has 32 heavy (non-hydrogen) atoms. The molecule has 4 rings (SSSR count). The number of nitrogens with zero attached hydrogens (tertiary/aromatic N) is 1. The summed E-state index contributed by atoms with van der Waals surface area (Å²) < 4.78 is 52.5. The number of rotatable bonds is 5. The fourth-order valence-corrected chi connectivity index (χ4v) is 3.62. The zero-order valence-corrected chi connectivity index (χ0v) is 17.0. The van der Waals surface area contributed by atoms with E-state index in [9.17, 15) is 27.2 Å². The number of amides is 2. The number of hydrogen-bond donors (Lipinski definition) is 2. The summed E-state index contributed by atoms with van der Waals surface area (Å²) in [5, 5.41) is 5.17. The lowest BCUT2D eigenvalue weighted by Crippen LogP contribution is -2.53. The number of benzene rings is 2. The topological polar surface area (TPSA) is 71.1 Å². The second-order valence-electron chi connectivity index (χ2n) is 7.85. The number of carbonyl (C=O) groups is 2. The molecule has 166 valence electrons. The van der Waals surface area contributed by atoms with E-state index in [0.717, 1.165) is 16.5 Å². The minimum Gasteiger partial charge on any atom is -0.347 e. The standard InChI is InChI=1S/C23H19F4N3O2/c1-13(29-20(31)22(9-10-22)30-21(32)23(25,26)27)16-8-7-15(12-18(16)24)17-6-2-4-14-5-3-11-28-19(14)17/h2-8,11-13H,9-10H2,1H3,(H,29,31)(H,30,32). The number of pyridine rings is 1. The Kier molecular flexibility index (Phi) is 5.36. The van der Waals surface area contributed by atoms with Crippen LogP contribution in [0, 0.1) is 5.82 Å². The number of halogens is 4. The Morgan fingerprint density at radius 3 is 2.47 bits per heavy atom. The maximum Gasteiger partial charge on any atom is 0.471 e. The van der Waals surface area contributed by atoms with Crippen molar-refractivity contribution in [1.82, 2.24) is 15.6 Å². The van der Waals surface area contributed by atoms with Gasteiger partial charge in [-0.1, -0.05) is 36.4 Å². The second kappa shape index (κ2) is 7.89. The van der Waals surface area contributed by atoms with Gasteiger partial charge in [-0.15, -0.1) is 0 Å². The van der Waals surface area contributed by atoms with Crippen LogP contribution in [0.4, 0.5) is 17.6 Å². The Balaban J connectivity index is 1.52. The van der Waals surface area contributed by atoms with Crippen molar-refractivity contribution in [1.29, 1.82) is 0 Å². The highest BCUT2D eigenvalue weighted by molar-refractivity contribution is 5.96. The Hall–Kier alpha value is -3.49. The first-order valence-electron chi connectivity index (χ1n) is 9.95. The average molecular weight is 445 g/mol. The van der Waals surface area contributed by atoms with Crippen LogP contribution < -0.4 is 10.6 Å². The Bertz CT molecular complexity index is 1200. The van der Waals surface area contributed by atoms with Gasteiger partial charge in [-0.3, -0.25) is 14.6 Å². The Morgan fingerprint density at radius 2 is 1.81 bits per heavy atom. The van der Waals surface area contributed by atoms with E-state index in [1.165, 1.54) is 19.1 Å². The van der Waals surface area contributed by atoms with Crippen molar-refractivity contribution in [3.63, 3.8) is 0 Å². The van der Waals surface area contributed by atoms with E-state index in [-0.39, 0.29) is 18.4 Å². The summed E-state index contributed by atoms with van der Waals surface area (Å²) >= 11 is 0. The normalized spacial score (nSPS) is 15.8. The van der Waals surface area contributed by atoms with Gasteiger partial charge < -0.3 is 10.6 Å². The molecule has 2 N–H and O–H groups in total. The molecule has 0 bridgehead atoms. The van der Waals surface area contributed by atoms with Gasteiger partial charge in [0.1, 0.15) is 11.4 Å². The lowest BCUT2D eigenvalue weighted by molar-refractivity contribution is -0.175. The van der Waals surface area contributed by atoms with Crippen molar-refractivity contribution in [2.45, 2.75) is 37.5 Å². The lowest BCUT2D eigenvalue weighted by Gasteiger charge is -2.22. The number of fused-ring (bicyclic) bond motifs is 1. The van der Waals surface area contributed by atoms with Crippen molar-refractivity contribution < 1.29 is 27.2 Å². The van der Waals surface area contributed by atoms with Gasteiger partial charge in [-0.2, -0.15) is 13.2 Å². The molecular weight excluding hydrogens is 426 g/mol. The summed E-state index contributed by atoms with van der Waals surface area (Å²) in [7, 11) is 0. The molecule has 0 radical (unpaired) electrons. The van der Waals surface area contributed by atoms with Gasteiger partial charge in [0.2, 0.25) is 5.91 Å². The maximum absolute atomic E-state index is 14.9. The van der Waals surface area contributed by atoms with Gasteiger partial charge in [-0.05, 0) is 37.5 Å². The molecule has 2 aromatic carbocycles. The average Bonchev–Trinajstić information content (AvgIpc) is 3.53. The summed E-state index contributed by atoms with van der Waals surface area (Å²) in [5.41, 5.74) is 0.640. The molecule has 1 aromatic heterocycles. The fourth-order valence-electron chi connectivity index (χ4n) is 3.62. The number of alkyl halides is 3. The molecule has 1 atom stereocenters. The summed E-state index contributed by atoms with van der Waals surface area (Å²) in [4.78, 5) is 28.1. The predicted octanol–water partition coefficient (Wildman–Crippen LogP) is 4.43. The smallest absolute Gasteiger partial charge is 0.347 e. The first-order chi connectivity index (χ1) is 15.1. The van der Waals surface area contributed by atoms with Crippen LogP contribution in [-0.2, 0) is 9.59 Å². The molecule has 1 saturated carbocycles. The van der Waals surface area contributed by atoms with E-state index in [1.54, 1.807) is 17.6 Å². The van der Waals surface area contributed by atoms with Gasteiger partial charge in [0, 0.05) is 22.7 Å². The fraction of sp³-hybridized carbons (Fsp3) is 0.261.